The minimum absolute atomic E-state index is 0.0167. The molecule has 78 valence electrons. The second-order valence-electron chi connectivity index (χ2n) is 4.40. The summed E-state index contributed by atoms with van der Waals surface area (Å²) in [5, 5.41) is 0. The fraction of sp³-hybridized carbons (Fsp3) is 1.00. The van der Waals surface area contributed by atoms with Gasteiger partial charge in [-0.25, -0.2) is 0 Å². The van der Waals surface area contributed by atoms with Crippen LogP contribution in [0.4, 0.5) is 0 Å². The normalized spacial score (nSPS) is 21.0. The molecule has 2 nitrogen and oxygen atoms in total. The molecule has 0 N–H and O–H groups in total. The van der Waals surface area contributed by atoms with Crippen molar-refractivity contribution in [3.05, 3.63) is 0 Å². The van der Waals surface area contributed by atoms with Gasteiger partial charge in [0.25, 0.3) is 0 Å². The van der Waals surface area contributed by atoms with Gasteiger partial charge in [-0.05, 0) is 5.82 Å². The van der Waals surface area contributed by atoms with E-state index < -0.39 is 0 Å². The second-order valence-corrected chi connectivity index (χ2v) is 4.40. The molecule has 0 saturated carbocycles. The highest BCUT2D eigenvalue weighted by molar-refractivity contribution is 6.46. The summed E-state index contributed by atoms with van der Waals surface area (Å²) in [6, 6.07) is 0. The summed E-state index contributed by atoms with van der Waals surface area (Å²) in [5.74, 6) is 0.464. The summed E-state index contributed by atoms with van der Waals surface area (Å²) >= 11 is 0. The maximum absolute atomic E-state index is 5.53. The van der Waals surface area contributed by atoms with Crippen molar-refractivity contribution in [2.75, 3.05) is 13.2 Å². The summed E-state index contributed by atoms with van der Waals surface area (Å²) in [7, 11) is 0.0167. The maximum Gasteiger partial charge on any atom is 0.459 e. The van der Waals surface area contributed by atoms with E-state index in [4.69, 9.17) is 9.31 Å². The van der Waals surface area contributed by atoms with Crippen molar-refractivity contribution in [3.63, 3.8) is 0 Å². The van der Waals surface area contributed by atoms with Crippen molar-refractivity contribution >= 4 is 7.12 Å². The Balaban J connectivity index is 0.000000671. The second kappa shape index (κ2) is 5.66. The molecular weight excluding hydrogens is 163 g/mol. The van der Waals surface area contributed by atoms with Crippen LogP contribution in [0.5, 0.6) is 0 Å². The molecule has 0 unspecified atom stereocenters. The quantitative estimate of drug-likeness (QED) is 0.586. The summed E-state index contributed by atoms with van der Waals surface area (Å²) < 4.78 is 11.1. The van der Waals surface area contributed by atoms with Gasteiger partial charge in [-0.3, -0.25) is 0 Å². The third-order valence-corrected chi connectivity index (χ3v) is 1.82. The van der Waals surface area contributed by atoms with E-state index in [2.05, 4.69) is 27.7 Å². The first-order valence-corrected chi connectivity index (χ1v) is 5.24. The molecule has 0 atom stereocenters. The molecule has 0 bridgehead atoms. The molecule has 1 saturated heterocycles. The molecule has 0 aromatic heterocycles. The van der Waals surface area contributed by atoms with Crippen molar-refractivity contribution in [2.45, 2.75) is 47.4 Å². The minimum atomic E-state index is 0.0167. The van der Waals surface area contributed by atoms with E-state index in [-0.39, 0.29) is 12.5 Å². The Morgan fingerprint density at radius 2 is 1.46 bits per heavy atom. The van der Waals surface area contributed by atoms with Crippen LogP contribution in [-0.4, -0.2) is 20.3 Å². The van der Waals surface area contributed by atoms with Crippen molar-refractivity contribution in [1.82, 2.24) is 0 Å². The lowest BCUT2D eigenvalue weighted by Crippen LogP contribution is -2.41. The van der Waals surface area contributed by atoms with Gasteiger partial charge in [-0.1, -0.05) is 41.5 Å². The monoisotopic (exact) mass is 186 g/mol. The van der Waals surface area contributed by atoms with Gasteiger partial charge in [0.15, 0.2) is 0 Å². The lowest BCUT2D eigenvalue weighted by Gasteiger charge is -2.34. The van der Waals surface area contributed by atoms with Crippen LogP contribution in [-0.2, 0) is 9.31 Å². The molecule has 0 aromatic carbocycles. The van der Waals surface area contributed by atoms with Gasteiger partial charge < -0.3 is 9.31 Å². The molecule has 1 heterocycles. The molecule has 0 aliphatic carbocycles. The molecule has 0 spiro atoms. The molecule has 0 radical (unpaired) electrons. The Hall–Kier alpha value is -0.0151. The van der Waals surface area contributed by atoms with E-state index >= 15 is 0 Å². The lowest BCUT2D eigenvalue weighted by atomic mass is 9.72. The molecule has 3 heteroatoms. The Morgan fingerprint density at radius 1 is 1.08 bits per heavy atom. The minimum Gasteiger partial charge on any atom is -0.410 e. The summed E-state index contributed by atoms with van der Waals surface area (Å²) in [4.78, 5) is 0. The molecule has 0 aromatic rings. The molecule has 1 rings (SSSR count). The highest BCUT2D eigenvalue weighted by atomic mass is 16.6. The number of rotatable bonds is 1. The molecule has 1 fully saturated rings. The van der Waals surface area contributed by atoms with E-state index in [0.717, 1.165) is 13.2 Å². The third kappa shape index (κ3) is 4.68. The summed E-state index contributed by atoms with van der Waals surface area (Å²) in [5.41, 5.74) is 0.200. The van der Waals surface area contributed by atoms with Crippen LogP contribution >= 0.6 is 0 Å². The Kier molecular flexibility index (Phi) is 5.65. The molecule has 1 aliphatic rings. The lowest BCUT2D eigenvalue weighted by molar-refractivity contribution is 0.0253. The van der Waals surface area contributed by atoms with Crippen molar-refractivity contribution in [2.24, 2.45) is 5.41 Å². The van der Waals surface area contributed by atoms with Gasteiger partial charge >= 0.3 is 7.12 Å². The van der Waals surface area contributed by atoms with Crippen molar-refractivity contribution in [1.29, 1.82) is 0 Å². The van der Waals surface area contributed by atoms with Crippen LogP contribution < -0.4 is 0 Å². The van der Waals surface area contributed by atoms with E-state index in [9.17, 15) is 0 Å². The smallest absolute Gasteiger partial charge is 0.410 e. The SMILES string of the molecule is CC.CC(C)B1OCC(C)(C)CO1. The van der Waals surface area contributed by atoms with E-state index in [0.29, 0.717) is 5.82 Å². The van der Waals surface area contributed by atoms with Gasteiger partial charge in [0.2, 0.25) is 0 Å². The largest absolute Gasteiger partial charge is 0.459 e. The van der Waals surface area contributed by atoms with Crippen LogP contribution in [0.1, 0.15) is 41.5 Å². The Labute approximate surface area is 83.1 Å². The summed E-state index contributed by atoms with van der Waals surface area (Å²) in [6.45, 7) is 14.2. The molecular formula is C10H23BO2. The Morgan fingerprint density at radius 3 is 1.77 bits per heavy atom. The van der Waals surface area contributed by atoms with Crippen LogP contribution in [0.15, 0.2) is 0 Å². The zero-order chi connectivity index (χ0) is 10.5. The van der Waals surface area contributed by atoms with Crippen LogP contribution in [0.2, 0.25) is 5.82 Å². The van der Waals surface area contributed by atoms with Gasteiger partial charge in [0.05, 0.1) is 0 Å². The van der Waals surface area contributed by atoms with Gasteiger partial charge in [-0.15, -0.1) is 0 Å². The molecule has 1 aliphatic heterocycles. The van der Waals surface area contributed by atoms with Gasteiger partial charge in [-0.2, -0.15) is 0 Å². The van der Waals surface area contributed by atoms with Crippen molar-refractivity contribution in [3.8, 4) is 0 Å². The topological polar surface area (TPSA) is 18.5 Å². The fourth-order valence-electron chi connectivity index (χ4n) is 1.09. The third-order valence-electron chi connectivity index (χ3n) is 1.82. The zero-order valence-electron chi connectivity index (χ0n) is 9.89. The van der Waals surface area contributed by atoms with Crippen LogP contribution in [0.25, 0.3) is 0 Å². The van der Waals surface area contributed by atoms with E-state index in [1.165, 1.54) is 0 Å². The van der Waals surface area contributed by atoms with Gasteiger partial charge in [0, 0.05) is 18.6 Å². The highest BCUT2D eigenvalue weighted by Crippen LogP contribution is 2.25. The zero-order valence-corrected chi connectivity index (χ0v) is 9.89. The predicted molar refractivity (Wildman–Crippen MR) is 57.9 cm³/mol. The number of hydrogen-bond donors (Lipinski definition) is 0. The first-order chi connectivity index (χ1) is 6.01. The molecule has 0 amide bonds. The summed E-state index contributed by atoms with van der Waals surface area (Å²) in [6.07, 6.45) is 0. The fourth-order valence-corrected chi connectivity index (χ4v) is 1.09. The van der Waals surface area contributed by atoms with Gasteiger partial charge in [0.1, 0.15) is 0 Å². The van der Waals surface area contributed by atoms with Crippen LogP contribution in [0, 0.1) is 5.41 Å². The first-order valence-electron chi connectivity index (χ1n) is 5.24. The van der Waals surface area contributed by atoms with E-state index in [1.54, 1.807) is 0 Å². The maximum atomic E-state index is 5.53. The number of hydrogen-bond acceptors (Lipinski definition) is 2. The van der Waals surface area contributed by atoms with Crippen molar-refractivity contribution < 1.29 is 9.31 Å². The standard InChI is InChI=1S/C8H17BO2.C2H6/c1-7(2)9-10-5-8(3,4)6-11-9;1-2/h7H,5-6H2,1-4H3;1-2H3. The highest BCUT2D eigenvalue weighted by Gasteiger charge is 2.33. The Bertz CT molecular complexity index is 125. The average molecular weight is 186 g/mol. The average Bonchev–Trinajstić information content (AvgIpc) is 2.07. The van der Waals surface area contributed by atoms with Crippen LogP contribution in [0.3, 0.4) is 0 Å². The van der Waals surface area contributed by atoms with E-state index in [1.807, 2.05) is 13.8 Å². The first kappa shape index (κ1) is 13.0. The predicted octanol–water partition coefficient (Wildman–Crippen LogP) is 2.98. The molecule has 13 heavy (non-hydrogen) atoms.